The highest BCUT2D eigenvalue weighted by Crippen LogP contribution is 2.32. The predicted molar refractivity (Wildman–Crippen MR) is 131 cm³/mol. The Kier molecular flexibility index (Phi) is 8.61. The molecule has 2 heterocycles. The number of fused-ring (bicyclic) bond motifs is 1. The average Bonchev–Trinajstić information content (AvgIpc) is 3.44. The lowest BCUT2D eigenvalue weighted by atomic mass is 10.2. The van der Waals surface area contributed by atoms with Gasteiger partial charge in [-0.25, -0.2) is 4.99 Å². The van der Waals surface area contributed by atoms with Crippen LogP contribution < -0.4 is 25.4 Å². The second kappa shape index (κ2) is 11.4. The van der Waals surface area contributed by atoms with Crippen LogP contribution in [0.2, 0.25) is 0 Å². The highest BCUT2D eigenvalue weighted by atomic mass is 127. The molecule has 1 amide bonds. The summed E-state index contributed by atoms with van der Waals surface area (Å²) in [5, 5.41) is 11.6. The van der Waals surface area contributed by atoms with Crippen molar-refractivity contribution >= 4 is 52.9 Å². The van der Waals surface area contributed by atoms with Crippen LogP contribution in [0, 0.1) is 0 Å². The molecule has 2 aliphatic rings. The first-order valence-electron chi connectivity index (χ1n) is 10.0. The number of carbonyl (C=O) groups excluding carboxylic acids is 1. The van der Waals surface area contributed by atoms with Gasteiger partial charge in [0.15, 0.2) is 17.5 Å². The van der Waals surface area contributed by atoms with E-state index < -0.39 is 0 Å². The van der Waals surface area contributed by atoms with Crippen LogP contribution in [0.3, 0.4) is 0 Å². The van der Waals surface area contributed by atoms with Gasteiger partial charge >= 0.3 is 0 Å². The first-order chi connectivity index (χ1) is 14.3. The van der Waals surface area contributed by atoms with Crippen molar-refractivity contribution in [2.75, 3.05) is 31.6 Å². The van der Waals surface area contributed by atoms with E-state index >= 15 is 0 Å². The summed E-state index contributed by atoms with van der Waals surface area (Å²) in [4.78, 5) is 17.8. The topological polar surface area (TPSA) is 84.0 Å². The average molecular weight is 542 g/mol. The number of nitrogens with zero attached hydrogens (tertiary/aromatic N) is 1. The van der Waals surface area contributed by atoms with E-state index in [1.165, 1.54) is 4.88 Å². The number of nitrogens with one attached hydrogen (secondary N) is 3. The third-order valence-corrected chi connectivity index (χ3v) is 5.51. The summed E-state index contributed by atoms with van der Waals surface area (Å²) < 4.78 is 11.4. The monoisotopic (exact) mass is 542 g/mol. The summed E-state index contributed by atoms with van der Waals surface area (Å²) in [7, 11) is 0. The van der Waals surface area contributed by atoms with Crippen molar-refractivity contribution in [3.05, 3.63) is 40.6 Å². The van der Waals surface area contributed by atoms with Crippen molar-refractivity contribution in [2.45, 2.75) is 31.7 Å². The van der Waals surface area contributed by atoms with E-state index in [0.29, 0.717) is 25.2 Å². The minimum absolute atomic E-state index is 0. The molecule has 0 atom stereocenters. The Balaban J connectivity index is 0.00000256. The Labute approximate surface area is 197 Å². The van der Waals surface area contributed by atoms with Crippen LogP contribution in [0.4, 0.5) is 5.69 Å². The van der Waals surface area contributed by atoms with Crippen molar-refractivity contribution in [2.24, 2.45) is 4.99 Å². The van der Waals surface area contributed by atoms with Crippen LogP contribution >= 0.6 is 35.3 Å². The minimum Gasteiger partial charge on any atom is -0.490 e. The Morgan fingerprint density at radius 1 is 1.17 bits per heavy atom. The normalized spacial score (nSPS) is 15.5. The summed E-state index contributed by atoms with van der Waals surface area (Å²) in [5.41, 5.74) is 0.833. The van der Waals surface area contributed by atoms with E-state index in [1.54, 1.807) is 11.3 Å². The lowest BCUT2D eigenvalue weighted by Crippen LogP contribution is -2.34. The Bertz CT molecular complexity index is 856. The molecule has 7 nitrogen and oxygen atoms in total. The molecule has 1 aromatic heterocycles. The quantitative estimate of drug-likeness (QED) is 0.284. The fourth-order valence-corrected chi connectivity index (χ4v) is 3.64. The first-order valence-corrected chi connectivity index (χ1v) is 10.9. The number of hydrogen-bond donors (Lipinski definition) is 3. The maximum absolute atomic E-state index is 12.0. The molecule has 0 spiro atoms. The van der Waals surface area contributed by atoms with Crippen molar-refractivity contribution < 1.29 is 14.3 Å². The highest BCUT2D eigenvalue weighted by Gasteiger charge is 2.22. The zero-order chi connectivity index (χ0) is 19.9. The van der Waals surface area contributed by atoms with E-state index in [2.05, 4.69) is 32.4 Å². The van der Waals surface area contributed by atoms with Crippen LogP contribution in [-0.2, 0) is 11.2 Å². The molecule has 4 rings (SSSR count). The third kappa shape index (κ3) is 7.05. The van der Waals surface area contributed by atoms with Gasteiger partial charge in [0.05, 0.1) is 13.2 Å². The molecule has 1 aromatic carbocycles. The number of halogens is 1. The van der Waals surface area contributed by atoms with Crippen molar-refractivity contribution in [1.29, 1.82) is 0 Å². The number of guanidine groups is 1. The van der Waals surface area contributed by atoms with Gasteiger partial charge in [0, 0.05) is 35.6 Å². The molecule has 1 aliphatic carbocycles. The number of rotatable bonds is 7. The molecular formula is C21H27IN4O3S. The maximum Gasteiger partial charge on any atom is 0.242 e. The SMILES string of the molecule is I.O=C(CN=C(NCCc1cccs1)Nc1ccc2c(c1)OCCCO2)NC1CC1. The summed E-state index contributed by atoms with van der Waals surface area (Å²) in [6.07, 6.45) is 3.89. The largest absolute Gasteiger partial charge is 0.490 e. The van der Waals surface area contributed by atoms with E-state index in [0.717, 1.165) is 49.4 Å². The molecular weight excluding hydrogens is 515 g/mol. The van der Waals surface area contributed by atoms with Gasteiger partial charge in [-0.2, -0.15) is 0 Å². The summed E-state index contributed by atoms with van der Waals surface area (Å²) >= 11 is 1.73. The third-order valence-electron chi connectivity index (χ3n) is 4.58. The molecule has 1 saturated carbocycles. The second-order valence-corrected chi connectivity index (χ2v) is 8.13. The van der Waals surface area contributed by atoms with Gasteiger partial charge < -0.3 is 25.4 Å². The number of aliphatic imine (C=N–C) groups is 1. The van der Waals surface area contributed by atoms with Crippen LogP contribution in [0.25, 0.3) is 0 Å². The molecule has 0 unspecified atom stereocenters. The Morgan fingerprint density at radius 3 is 2.77 bits per heavy atom. The molecule has 2 aromatic rings. The molecule has 9 heteroatoms. The lowest BCUT2D eigenvalue weighted by molar-refractivity contribution is -0.119. The van der Waals surface area contributed by atoms with Gasteiger partial charge in [0.2, 0.25) is 5.91 Å². The van der Waals surface area contributed by atoms with Gasteiger partial charge in [0.25, 0.3) is 0 Å². The zero-order valence-electron chi connectivity index (χ0n) is 16.7. The highest BCUT2D eigenvalue weighted by molar-refractivity contribution is 14.0. The molecule has 0 bridgehead atoms. The van der Waals surface area contributed by atoms with Gasteiger partial charge in [0.1, 0.15) is 6.54 Å². The predicted octanol–water partition coefficient (Wildman–Crippen LogP) is 3.41. The fourth-order valence-electron chi connectivity index (χ4n) is 2.93. The van der Waals surface area contributed by atoms with Crippen LogP contribution in [-0.4, -0.2) is 44.2 Å². The van der Waals surface area contributed by atoms with Gasteiger partial charge in [-0.1, -0.05) is 6.07 Å². The molecule has 162 valence electrons. The minimum atomic E-state index is -0.0504. The second-order valence-electron chi connectivity index (χ2n) is 7.10. The van der Waals surface area contributed by atoms with Crippen molar-refractivity contribution in [3.8, 4) is 11.5 Å². The number of thiophene rings is 1. The number of anilines is 1. The molecule has 3 N–H and O–H groups in total. The summed E-state index contributed by atoms with van der Waals surface area (Å²) in [5.74, 6) is 1.99. The molecule has 0 saturated heterocycles. The molecule has 1 fully saturated rings. The standard InChI is InChI=1S/C21H26N4O3S.HI/c26-20(24-15-4-5-15)14-23-21(22-9-8-17-3-1-12-29-17)25-16-6-7-18-19(13-16)28-11-2-10-27-18;/h1,3,6-7,12-13,15H,2,4-5,8-11,14H2,(H,24,26)(H2,22,23,25);1H. The fraction of sp³-hybridized carbons (Fsp3) is 0.429. The Morgan fingerprint density at radius 2 is 2.00 bits per heavy atom. The molecule has 1 aliphatic heterocycles. The van der Waals surface area contributed by atoms with Gasteiger partial charge in [-0.05, 0) is 42.8 Å². The molecule has 30 heavy (non-hydrogen) atoms. The number of ether oxygens (including phenoxy) is 2. The first kappa shape index (κ1) is 22.7. The van der Waals surface area contributed by atoms with Crippen LogP contribution in [0.5, 0.6) is 11.5 Å². The van der Waals surface area contributed by atoms with Gasteiger partial charge in [-0.15, -0.1) is 35.3 Å². The number of amides is 1. The maximum atomic E-state index is 12.0. The number of benzene rings is 1. The summed E-state index contributed by atoms with van der Waals surface area (Å²) in [6.45, 7) is 2.11. The smallest absolute Gasteiger partial charge is 0.242 e. The molecule has 0 radical (unpaired) electrons. The summed E-state index contributed by atoms with van der Waals surface area (Å²) in [6, 6.07) is 10.2. The van der Waals surface area contributed by atoms with E-state index in [1.807, 2.05) is 24.3 Å². The van der Waals surface area contributed by atoms with E-state index in [4.69, 9.17) is 9.47 Å². The van der Waals surface area contributed by atoms with Crippen LogP contribution in [0.1, 0.15) is 24.1 Å². The number of carbonyl (C=O) groups is 1. The van der Waals surface area contributed by atoms with Crippen LogP contribution in [0.15, 0.2) is 40.7 Å². The van der Waals surface area contributed by atoms with E-state index in [9.17, 15) is 4.79 Å². The van der Waals surface area contributed by atoms with E-state index in [-0.39, 0.29) is 36.4 Å². The van der Waals surface area contributed by atoms with Crippen molar-refractivity contribution in [3.63, 3.8) is 0 Å². The zero-order valence-corrected chi connectivity index (χ0v) is 19.8. The van der Waals surface area contributed by atoms with Crippen molar-refractivity contribution in [1.82, 2.24) is 10.6 Å². The number of hydrogen-bond acceptors (Lipinski definition) is 5. The lowest BCUT2D eigenvalue weighted by Gasteiger charge is -2.14. The van der Waals surface area contributed by atoms with Gasteiger partial charge in [-0.3, -0.25) is 4.79 Å². The Hall–Kier alpha value is -2.01.